The Balaban J connectivity index is 3.83. The van der Waals surface area contributed by atoms with Crippen molar-refractivity contribution in [1.82, 2.24) is 0 Å². The molecule has 0 bridgehead atoms. The van der Waals surface area contributed by atoms with E-state index in [4.69, 9.17) is 0 Å². The lowest BCUT2D eigenvalue weighted by Gasteiger charge is -2.20. The summed E-state index contributed by atoms with van der Waals surface area (Å²) in [4.78, 5) is 11.7. The molecular weight excluding hydrogens is 172 g/mol. The normalized spacial score (nSPS) is 14.5. The van der Waals surface area contributed by atoms with Crippen LogP contribution in [-0.2, 0) is 4.79 Å². The second-order valence-electron chi connectivity index (χ2n) is 5.95. The van der Waals surface area contributed by atoms with Gasteiger partial charge in [0.1, 0.15) is 5.78 Å². The second kappa shape index (κ2) is 5.53. The molecule has 0 fully saturated rings. The summed E-state index contributed by atoms with van der Waals surface area (Å²) < 4.78 is 0. The van der Waals surface area contributed by atoms with Crippen molar-refractivity contribution in [3.63, 3.8) is 0 Å². The number of ketones is 1. The van der Waals surface area contributed by atoms with Gasteiger partial charge in [0.05, 0.1) is 0 Å². The number of hydrogen-bond acceptors (Lipinski definition) is 1. The maximum Gasteiger partial charge on any atom is 0.138 e. The van der Waals surface area contributed by atoms with Gasteiger partial charge in [-0.15, -0.1) is 0 Å². The van der Waals surface area contributed by atoms with E-state index in [0.717, 1.165) is 12.3 Å². The molecule has 14 heavy (non-hydrogen) atoms. The van der Waals surface area contributed by atoms with E-state index in [0.29, 0.717) is 11.7 Å². The fourth-order valence-electron chi connectivity index (χ4n) is 1.34. The van der Waals surface area contributed by atoms with E-state index in [-0.39, 0.29) is 5.41 Å². The van der Waals surface area contributed by atoms with Crippen molar-refractivity contribution in [2.24, 2.45) is 17.3 Å². The van der Waals surface area contributed by atoms with Gasteiger partial charge in [0.2, 0.25) is 0 Å². The maximum atomic E-state index is 11.7. The van der Waals surface area contributed by atoms with Crippen LogP contribution in [-0.4, -0.2) is 5.78 Å². The average Bonchev–Trinajstić information content (AvgIpc) is 1.99. The van der Waals surface area contributed by atoms with E-state index in [1.165, 1.54) is 12.8 Å². The van der Waals surface area contributed by atoms with E-state index < -0.39 is 0 Å². The van der Waals surface area contributed by atoms with E-state index in [9.17, 15) is 4.79 Å². The minimum Gasteiger partial charge on any atom is -0.299 e. The van der Waals surface area contributed by atoms with Crippen LogP contribution in [0, 0.1) is 17.3 Å². The molecular formula is C13H26O. The van der Waals surface area contributed by atoms with Gasteiger partial charge in [-0.3, -0.25) is 4.79 Å². The average molecular weight is 198 g/mol. The highest BCUT2D eigenvalue weighted by Gasteiger charge is 2.22. The quantitative estimate of drug-likeness (QED) is 0.651. The van der Waals surface area contributed by atoms with Gasteiger partial charge >= 0.3 is 0 Å². The van der Waals surface area contributed by atoms with Crippen LogP contribution in [0.25, 0.3) is 0 Å². The van der Waals surface area contributed by atoms with E-state index in [2.05, 4.69) is 20.8 Å². The fourth-order valence-corrected chi connectivity index (χ4v) is 1.34. The van der Waals surface area contributed by atoms with Crippen molar-refractivity contribution in [3.05, 3.63) is 0 Å². The van der Waals surface area contributed by atoms with Crippen molar-refractivity contribution in [2.45, 2.75) is 60.8 Å². The van der Waals surface area contributed by atoms with Crippen molar-refractivity contribution >= 4 is 5.78 Å². The summed E-state index contributed by atoms with van der Waals surface area (Å²) in [5, 5.41) is 0. The third kappa shape index (κ3) is 6.17. The molecule has 0 radical (unpaired) electrons. The summed E-state index contributed by atoms with van der Waals surface area (Å²) in [5.74, 6) is 1.69. The lowest BCUT2D eigenvalue weighted by Crippen LogP contribution is -2.22. The summed E-state index contributed by atoms with van der Waals surface area (Å²) in [7, 11) is 0. The van der Waals surface area contributed by atoms with Gasteiger partial charge in [0, 0.05) is 11.8 Å². The summed E-state index contributed by atoms with van der Waals surface area (Å²) in [5.41, 5.74) is -0.161. The maximum absolute atomic E-state index is 11.7. The molecule has 0 aliphatic heterocycles. The molecule has 1 heteroatoms. The van der Waals surface area contributed by atoms with Crippen LogP contribution in [0.4, 0.5) is 0 Å². The standard InChI is InChI=1S/C13H26O/c1-10(2)7-8-11(3)9-12(14)13(4,5)6/h10-11H,7-9H2,1-6H3. The Hall–Kier alpha value is -0.330. The molecule has 0 aromatic rings. The molecule has 0 saturated heterocycles. The van der Waals surface area contributed by atoms with Crippen LogP contribution >= 0.6 is 0 Å². The number of rotatable bonds is 5. The highest BCUT2D eigenvalue weighted by atomic mass is 16.1. The first-order valence-electron chi connectivity index (χ1n) is 5.76. The molecule has 0 aliphatic carbocycles. The van der Waals surface area contributed by atoms with Crippen LogP contribution in [0.5, 0.6) is 0 Å². The van der Waals surface area contributed by atoms with E-state index in [1.54, 1.807) is 0 Å². The lowest BCUT2D eigenvalue weighted by molar-refractivity contribution is -0.127. The fraction of sp³-hybridized carbons (Fsp3) is 0.923. The molecule has 0 aromatic carbocycles. The molecule has 0 aromatic heterocycles. The first-order valence-corrected chi connectivity index (χ1v) is 5.76. The molecule has 0 aliphatic rings. The molecule has 0 rings (SSSR count). The third-order valence-corrected chi connectivity index (χ3v) is 2.61. The van der Waals surface area contributed by atoms with Gasteiger partial charge in [-0.05, 0) is 11.8 Å². The van der Waals surface area contributed by atoms with Crippen molar-refractivity contribution in [2.75, 3.05) is 0 Å². The summed E-state index contributed by atoms with van der Waals surface area (Å²) in [6, 6.07) is 0. The number of hydrogen-bond donors (Lipinski definition) is 0. The van der Waals surface area contributed by atoms with E-state index in [1.807, 2.05) is 20.8 Å². The van der Waals surface area contributed by atoms with Gasteiger partial charge in [-0.1, -0.05) is 54.4 Å². The minimum absolute atomic E-state index is 0.161. The molecule has 1 atom stereocenters. The van der Waals surface area contributed by atoms with Crippen molar-refractivity contribution in [1.29, 1.82) is 0 Å². The predicted octanol–water partition coefficient (Wildman–Crippen LogP) is 4.06. The third-order valence-electron chi connectivity index (χ3n) is 2.61. The minimum atomic E-state index is -0.161. The van der Waals surface area contributed by atoms with Crippen LogP contribution < -0.4 is 0 Å². The summed E-state index contributed by atoms with van der Waals surface area (Å²) in [6.07, 6.45) is 3.16. The highest BCUT2D eigenvalue weighted by molar-refractivity contribution is 5.83. The summed E-state index contributed by atoms with van der Waals surface area (Å²) in [6.45, 7) is 12.7. The molecule has 84 valence electrons. The van der Waals surface area contributed by atoms with Crippen molar-refractivity contribution in [3.8, 4) is 0 Å². The van der Waals surface area contributed by atoms with Crippen LogP contribution in [0.15, 0.2) is 0 Å². The van der Waals surface area contributed by atoms with Gasteiger partial charge in [-0.25, -0.2) is 0 Å². The van der Waals surface area contributed by atoms with Crippen LogP contribution in [0.2, 0.25) is 0 Å². The smallest absolute Gasteiger partial charge is 0.138 e. The molecule has 0 N–H and O–H groups in total. The Kier molecular flexibility index (Phi) is 5.40. The molecule has 1 nitrogen and oxygen atoms in total. The Morgan fingerprint density at radius 2 is 1.57 bits per heavy atom. The van der Waals surface area contributed by atoms with Crippen molar-refractivity contribution < 1.29 is 4.79 Å². The molecule has 0 spiro atoms. The first kappa shape index (κ1) is 13.7. The zero-order chi connectivity index (χ0) is 11.4. The van der Waals surface area contributed by atoms with Crippen LogP contribution in [0.1, 0.15) is 60.8 Å². The van der Waals surface area contributed by atoms with Crippen LogP contribution in [0.3, 0.4) is 0 Å². The number of carbonyl (C=O) groups is 1. The lowest BCUT2D eigenvalue weighted by atomic mass is 9.84. The molecule has 1 unspecified atom stereocenters. The highest BCUT2D eigenvalue weighted by Crippen LogP contribution is 2.22. The predicted molar refractivity (Wildman–Crippen MR) is 62.3 cm³/mol. The molecule has 0 heterocycles. The Bertz CT molecular complexity index is 174. The Labute approximate surface area is 89.3 Å². The molecule has 0 saturated carbocycles. The topological polar surface area (TPSA) is 17.1 Å². The van der Waals surface area contributed by atoms with Gasteiger partial charge in [0.15, 0.2) is 0 Å². The van der Waals surface area contributed by atoms with Gasteiger partial charge < -0.3 is 0 Å². The Morgan fingerprint density at radius 3 is 1.93 bits per heavy atom. The zero-order valence-electron chi connectivity index (χ0n) is 10.7. The monoisotopic (exact) mass is 198 g/mol. The summed E-state index contributed by atoms with van der Waals surface area (Å²) >= 11 is 0. The number of Topliss-reactive ketones (excluding diaryl/α,β-unsaturated/α-hetero) is 1. The molecule has 0 amide bonds. The second-order valence-corrected chi connectivity index (χ2v) is 5.95. The number of carbonyl (C=O) groups excluding carboxylic acids is 1. The zero-order valence-corrected chi connectivity index (χ0v) is 10.7. The van der Waals surface area contributed by atoms with E-state index >= 15 is 0 Å². The Morgan fingerprint density at radius 1 is 1.07 bits per heavy atom. The largest absolute Gasteiger partial charge is 0.299 e. The first-order chi connectivity index (χ1) is 6.23. The SMILES string of the molecule is CC(C)CCC(C)CC(=O)C(C)(C)C. The van der Waals surface area contributed by atoms with Gasteiger partial charge in [0.25, 0.3) is 0 Å². The van der Waals surface area contributed by atoms with Gasteiger partial charge in [-0.2, -0.15) is 0 Å².